The summed E-state index contributed by atoms with van der Waals surface area (Å²) in [5, 5.41) is 3.26. The first-order valence-corrected chi connectivity index (χ1v) is 5.17. The lowest BCUT2D eigenvalue weighted by Gasteiger charge is -2.16. The quantitative estimate of drug-likeness (QED) is 0.730. The number of aromatic nitrogens is 1. The molecule has 0 atom stereocenters. The monoisotopic (exact) mass is 206 g/mol. The van der Waals surface area contributed by atoms with Crippen molar-refractivity contribution in [3.8, 4) is 0 Å². The molecule has 15 heavy (non-hydrogen) atoms. The maximum Gasteiger partial charge on any atom is 0.356 e. The number of hydrogen-bond donors (Lipinski definition) is 1. The van der Waals surface area contributed by atoms with E-state index in [0.717, 1.165) is 19.5 Å². The van der Waals surface area contributed by atoms with Crippen LogP contribution in [0.15, 0.2) is 12.3 Å². The van der Waals surface area contributed by atoms with Crippen molar-refractivity contribution >= 4 is 5.97 Å². The van der Waals surface area contributed by atoms with Crippen molar-refractivity contribution in [1.82, 2.24) is 10.3 Å². The molecule has 2 rings (SSSR count). The average molecular weight is 206 g/mol. The highest BCUT2D eigenvalue weighted by Gasteiger charge is 2.14. The van der Waals surface area contributed by atoms with Crippen LogP contribution in [0.4, 0.5) is 0 Å². The van der Waals surface area contributed by atoms with Gasteiger partial charge >= 0.3 is 5.97 Å². The first-order chi connectivity index (χ1) is 7.31. The molecular formula is C11H14N2O2. The van der Waals surface area contributed by atoms with Crippen molar-refractivity contribution < 1.29 is 9.53 Å². The van der Waals surface area contributed by atoms with Crippen LogP contribution < -0.4 is 5.32 Å². The van der Waals surface area contributed by atoms with Gasteiger partial charge in [-0.15, -0.1) is 0 Å². The molecule has 1 aliphatic heterocycles. The summed E-state index contributed by atoms with van der Waals surface area (Å²) in [4.78, 5) is 15.5. The molecular weight excluding hydrogens is 192 g/mol. The number of fused-ring (bicyclic) bond motifs is 1. The van der Waals surface area contributed by atoms with Gasteiger partial charge in [-0.3, -0.25) is 0 Å². The van der Waals surface area contributed by atoms with Crippen molar-refractivity contribution in [2.45, 2.75) is 19.9 Å². The molecule has 0 aliphatic carbocycles. The Hall–Kier alpha value is -1.42. The van der Waals surface area contributed by atoms with Gasteiger partial charge in [0.2, 0.25) is 0 Å². The summed E-state index contributed by atoms with van der Waals surface area (Å²) in [6.07, 6.45) is 2.71. The van der Waals surface area contributed by atoms with Gasteiger partial charge in [0.25, 0.3) is 0 Å². The van der Waals surface area contributed by atoms with Gasteiger partial charge in [0.05, 0.1) is 6.61 Å². The fraction of sp³-hybridized carbons (Fsp3) is 0.455. The van der Waals surface area contributed by atoms with Gasteiger partial charge in [-0.05, 0) is 37.1 Å². The van der Waals surface area contributed by atoms with E-state index in [1.54, 1.807) is 13.1 Å². The number of carbonyl (C=O) groups excluding carboxylic acids is 1. The SMILES string of the molecule is CCOC(=O)c1cc2c(cn1)CNCC2. The molecule has 0 saturated heterocycles. The molecule has 0 bridgehead atoms. The first-order valence-electron chi connectivity index (χ1n) is 5.17. The lowest BCUT2D eigenvalue weighted by Crippen LogP contribution is -2.24. The Morgan fingerprint density at radius 1 is 1.60 bits per heavy atom. The minimum atomic E-state index is -0.334. The largest absolute Gasteiger partial charge is 0.461 e. The van der Waals surface area contributed by atoms with Gasteiger partial charge in [-0.1, -0.05) is 0 Å². The van der Waals surface area contributed by atoms with Crippen molar-refractivity contribution in [2.24, 2.45) is 0 Å². The van der Waals surface area contributed by atoms with Crippen molar-refractivity contribution in [2.75, 3.05) is 13.2 Å². The molecule has 0 spiro atoms. The number of carbonyl (C=O) groups is 1. The summed E-state index contributed by atoms with van der Waals surface area (Å²) in [6, 6.07) is 1.84. The zero-order valence-corrected chi connectivity index (χ0v) is 8.75. The van der Waals surface area contributed by atoms with E-state index < -0.39 is 0 Å². The molecule has 0 saturated carbocycles. The molecule has 0 fully saturated rings. The molecule has 4 nitrogen and oxygen atoms in total. The zero-order chi connectivity index (χ0) is 10.7. The van der Waals surface area contributed by atoms with Crippen molar-refractivity contribution in [1.29, 1.82) is 0 Å². The lowest BCUT2D eigenvalue weighted by atomic mass is 10.0. The van der Waals surface area contributed by atoms with Gasteiger partial charge in [0.15, 0.2) is 0 Å². The summed E-state index contributed by atoms with van der Waals surface area (Å²) in [5.74, 6) is -0.334. The Morgan fingerprint density at radius 2 is 2.47 bits per heavy atom. The number of nitrogens with zero attached hydrogens (tertiary/aromatic N) is 1. The number of esters is 1. The molecule has 1 aromatic rings. The molecule has 1 N–H and O–H groups in total. The minimum absolute atomic E-state index is 0.334. The Bertz CT molecular complexity index is 377. The molecule has 2 heterocycles. The summed E-state index contributed by atoms with van der Waals surface area (Å²) >= 11 is 0. The Labute approximate surface area is 88.7 Å². The van der Waals surface area contributed by atoms with Gasteiger partial charge in [0, 0.05) is 12.7 Å². The highest BCUT2D eigenvalue weighted by atomic mass is 16.5. The third-order valence-corrected chi connectivity index (χ3v) is 2.45. The Balaban J connectivity index is 2.24. The standard InChI is InChI=1S/C11H14N2O2/c1-2-15-11(14)10-5-8-3-4-12-6-9(8)7-13-10/h5,7,12H,2-4,6H2,1H3. The van der Waals surface area contributed by atoms with Crippen LogP contribution in [0.5, 0.6) is 0 Å². The van der Waals surface area contributed by atoms with E-state index in [1.807, 2.05) is 6.07 Å². The smallest absolute Gasteiger partial charge is 0.356 e. The van der Waals surface area contributed by atoms with E-state index in [-0.39, 0.29) is 5.97 Å². The van der Waals surface area contributed by atoms with Crippen LogP contribution in [0.3, 0.4) is 0 Å². The van der Waals surface area contributed by atoms with Gasteiger partial charge in [0.1, 0.15) is 5.69 Å². The summed E-state index contributed by atoms with van der Waals surface area (Å²) in [5.41, 5.74) is 2.79. The van der Waals surface area contributed by atoms with E-state index in [4.69, 9.17) is 4.74 Å². The maximum absolute atomic E-state index is 11.4. The second-order valence-electron chi connectivity index (χ2n) is 3.49. The first kappa shape index (κ1) is 10.1. The van der Waals surface area contributed by atoms with Crippen LogP contribution in [0.1, 0.15) is 28.5 Å². The molecule has 1 aliphatic rings. The third-order valence-electron chi connectivity index (χ3n) is 2.45. The maximum atomic E-state index is 11.4. The Kier molecular flexibility index (Phi) is 2.97. The predicted molar refractivity (Wildman–Crippen MR) is 55.6 cm³/mol. The van der Waals surface area contributed by atoms with Crippen LogP contribution in [-0.4, -0.2) is 24.1 Å². The molecule has 0 amide bonds. The van der Waals surface area contributed by atoms with Crippen LogP contribution in [0.2, 0.25) is 0 Å². The molecule has 0 radical (unpaired) electrons. The topological polar surface area (TPSA) is 51.2 Å². The average Bonchev–Trinajstić information content (AvgIpc) is 2.29. The fourth-order valence-corrected chi connectivity index (χ4v) is 1.68. The number of hydrogen-bond acceptors (Lipinski definition) is 4. The van der Waals surface area contributed by atoms with Crippen LogP contribution >= 0.6 is 0 Å². The third kappa shape index (κ3) is 2.15. The molecule has 0 unspecified atom stereocenters. The van der Waals surface area contributed by atoms with E-state index in [0.29, 0.717) is 12.3 Å². The molecule has 80 valence electrons. The molecule has 4 heteroatoms. The normalized spacial score (nSPS) is 14.5. The second kappa shape index (κ2) is 4.40. The molecule has 0 aromatic carbocycles. The summed E-state index contributed by atoms with van der Waals surface area (Å²) in [7, 11) is 0. The van der Waals surface area contributed by atoms with Crippen molar-refractivity contribution in [3.63, 3.8) is 0 Å². The number of pyridine rings is 1. The van der Waals surface area contributed by atoms with Gasteiger partial charge in [-0.25, -0.2) is 9.78 Å². The van der Waals surface area contributed by atoms with E-state index in [1.165, 1.54) is 11.1 Å². The minimum Gasteiger partial charge on any atom is -0.461 e. The van der Waals surface area contributed by atoms with Crippen LogP contribution in [0, 0.1) is 0 Å². The Morgan fingerprint density at radius 3 is 3.27 bits per heavy atom. The fourth-order valence-electron chi connectivity index (χ4n) is 1.68. The highest BCUT2D eigenvalue weighted by Crippen LogP contribution is 2.14. The lowest BCUT2D eigenvalue weighted by molar-refractivity contribution is 0.0519. The van der Waals surface area contributed by atoms with E-state index in [9.17, 15) is 4.79 Å². The van der Waals surface area contributed by atoms with Gasteiger partial charge < -0.3 is 10.1 Å². The van der Waals surface area contributed by atoms with E-state index in [2.05, 4.69) is 10.3 Å². The highest BCUT2D eigenvalue weighted by molar-refractivity contribution is 5.87. The second-order valence-corrected chi connectivity index (χ2v) is 3.49. The summed E-state index contributed by atoms with van der Waals surface area (Å²) < 4.78 is 4.90. The zero-order valence-electron chi connectivity index (χ0n) is 8.75. The van der Waals surface area contributed by atoms with Crippen LogP contribution in [0.25, 0.3) is 0 Å². The number of nitrogens with one attached hydrogen (secondary N) is 1. The number of ether oxygens (including phenoxy) is 1. The van der Waals surface area contributed by atoms with Crippen LogP contribution in [-0.2, 0) is 17.7 Å². The van der Waals surface area contributed by atoms with E-state index >= 15 is 0 Å². The van der Waals surface area contributed by atoms with Gasteiger partial charge in [-0.2, -0.15) is 0 Å². The number of rotatable bonds is 2. The molecule has 1 aromatic heterocycles. The summed E-state index contributed by atoms with van der Waals surface area (Å²) in [6.45, 7) is 3.98. The van der Waals surface area contributed by atoms with Crippen molar-refractivity contribution in [3.05, 3.63) is 29.1 Å². The predicted octanol–water partition coefficient (Wildman–Crippen LogP) is 0.904.